The van der Waals surface area contributed by atoms with Gasteiger partial charge in [0.1, 0.15) is 0 Å². The van der Waals surface area contributed by atoms with Gasteiger partial charge in [0.15, 0.2) is 0 Å². The first-order valence-corrected chi connectivity index (χ1v) is 9.04. The quantitative estimate of drug-likeness (QED) is 0.767. The summed E-state index contributed by atoms with van der Waals surface area (Å²) < 4.78 is 1.09. The molecule has 2 aliphatic rings. The number of hydrogen-bond donors (Lipinski definition) is 0. The van der Waals surface area contributed by atoms with Crippen molar-refractivity contribution in [1.29, 1.82) is 0 Å². The Morgan fingerprint density at radius 3 is 2.83 bits per heavy atom. The van der Waals surface area contributed by atoms with Gasteiger partial charge in [0.05, 0.1) is 6.04 Å². The van der Waals surface area contributed by atoms with Gasteiger partial charge in [0.2, 0.25) is 5.91 Å². The second-order valence-corrected chi connectivity index (χ2v) is 7.62. The molecule has 0 aromatic heterocycles. The summed E-state index contributed by atoms with van der Waals surface area (Å²) >= 11 is 3.52. The number of benzene rings is 2. The van der Waals surface area contributed by atoms with E-state index in [1.807, 2.05) is 18.0 Å². The summed E-state index contributed by atoms with van der Waals surface area (Å²) in [6.45, 7) is 0. The van der Waals surface area contributed by atoms with Crippen LogP contribution in [0.3, 0.4) is 0 Å². The largest absolute Gasteiger partial charge is 0.338 e. The van der Waals surface area contributed by atoms with Gasteiger partial charge in [-0.15, -0.1) is 0 Å². The number of amides is 1. The van der Waals surface area contributed by atoms with Crippen LogP contribution in [0.1, 0.15) is 41.5 Å². The van der Waals surface area contributed by atoms with Crippen molar-refractivity contribution in [2.45, 2.75) is 31.2 Å². The molecule has 0 spiro atoms. The number of fused-ring (bicyclic) bond motifs is 1. The maximum atomic E-state index is 12.9. The number of halogens is 1. The standard InChI is InChI=1S/C20H20BrNO/c1-22(19-10-9-13-5-2-3-8-16(13)19)20(23)18-12-17(18)14-6-4-7-15(21)11-14/h2-8,11,17-19H,9-10,12H2,1H3. The van der Waals surface area contributed by atoms with E-state index in [0.717, 1.165) is 23.7 Å². The molecule has 0 bridgehead atoms. The van der Waals surface area contributed by atoms with E-state index in [-0.39, 0.29) is 12.0 Å². The van der Waals surface area contributed by atoms with E-state index < -0.39 is 0 Å². The maximum absolute atomic E-state index is 12.9. The third kappa shape index (κ3) is 2.72. The molecule has 0 radical (unpaired) electrons. The molecule has 3 atom stereocenters. The van der Waals surface area contributed by atoms with Crippen LogP contribution in [0.25, 0.3) is 0 Å². The number of aryl methyl sites for hydroxylation is 1. The van der Waals surface area contributed by atoms with Crippen LogP contribution >= 0.6 is 15.9 Å². The summed E-state index contributed by atoms with van der Waals surface area (Å²) in [5, 5.41) is 0. The average Bonchev–Trinajstić information content (AvgIpc) is 3.25. The molecular formula is C20H20BrNO. The first kappa shape index (κ1) is 14.9. The Morgan fingerprint density at radius 2 is 2.00 bits per heavy atom. The molecule has 2 aliphatic carbocycles. The molecule has 1 fully saturated rings. The molecule has 0 saturated heterocycles. The van der Waals surface area contributed by atoms with Gasteiger partial charge in [-0.25, -0.2) is 0 Å². The van der Waals surface area contributed by atoms with Gasteiger partial charge in [-0.3, -0.25) is 4.79 Å². The van der Waals surface area contributed by atoms with Crippen LogP contribution in [-0.4, -0.2) is 17.9 Å². The summed E-state index contributed by atoms with van der Waals surface area (Å²) in [4.78, 5) is 14.9. The van der Waals surface area contributed by atoms with Crippen molar-refractivity contribution in [3.05, 3.63) is 69.7 Å². The van der Waals surface area contributed by atoms with Crippen molar-refractivity contribution >= 4 is 21.8 Å². The maximum Gasteiger partial charge on any atom is 0.226 e. The van der Waals surface area contributed by atoms with Crippen LogP contribution in [0.5, 0.6) is 0 Å². The zero-order valence-electron chi connectivity index (χ0n) is 13.2. The monoisotopic (exact) mass is 369 g/mol. The molecule has 23 heavy (non-hydrogen) atoms. The van der Waals surface area contributed by atoms with Crippen molar-refractivity contribution in [1.82, 2.24) is 4.90 Å². The lowest BCUT2D eigenvalue weighted by Gasteiger charge is -2.26. The van der Waals surface area contributed by atoms with E-state index in [1.54, 1.807) is 0 Å². The highest BCUT2D eigenvalue weighted by atomic mass is 79.9. The molecular weight excluding hydrogens is 350 g/mol. The molecule has 0 aliphatic heterocycles. The van der Waals surface area contributed by atoms with Crippen molar-refractivity contribution in [2.24, 2.45) is 5.92 Å². The molecule has 4 rings (SSSR count). The summed E-state index contributed by atoms with van der Waals surface area (Å²) in [7, 11) is 1.98. The molecule has 1 saturated carbocycles. The number of nitrogens with zero attached hydrogens (tertiary/aromatic N) is 1. The van der Waals surface area contributed by atoms with Crippen molar-refractivity contribution < 1.29 is 4.79 Å². The average molecular weight is 370 g/mol. The highest BCUT2D eigenvalue weighted by molar-refractivity contribution is 9.10. The lowest BCUT2D eigenvalue weighted by molar-refractivity contribution is -0.133. The van der Waals surface area contributed by atoms with E-state index in [4.69, 9.17) is 0 Å². The Labute approximate surface area is 145 Å². The Balaban J connectivity index is 1.49. The van der Waals surface area contributed by atoms with E-state index in [1.165, 1.54) is 16.7 Å². The van der Waals surface area contributed by atoms with E-state index in [2.05, 4.69) is 58.4 Å². The van der Waals surface area contributed by atoms with Gasteiger partial charge >= 0.3 is 0 Å². The predicted molar refractivity (Wildman–Crippen MR) is 95.3 cm³/mol. The second-order valence-electron chi connectivity index (χ2n) is 6.71. The molecule has 0 heterocycles. The van der Waals surface area contributed by atoms with Crippen LogP contribution in [0.4, 0.5) is 0 Å². The van der Waals surface area contributed by atoms with Gasteiger partial charge < -0.3 is 4.90 Å². The number of carbonyl (C=O) groups is 1. The van der Waals surface area contributed by atoms with E-state index in [9.17, 15) is 4.79 Å². The first-order valence-electron chi connectivity index (χ1n) is 8.25. The molecule has 3 unspecified atom stereocenters. The molecule has 118 valence electrons. The minimum atomic E-state index is 0.155. The molecule has 0 N–H and O–H groups in total. The highest BCUT2D eigenvalue weighted by Crippen LogP contribution is 2.50. The van der Waals surface area contributed by atoms with Gasteiger partial charge in [-0.1, -0.05) is 52.3 Å². The Hall–Kier alpha value is -1.61. The minimum Gasteiger partial charge on any atom is -0.338 e. The molecule has 1 amide bonds. The highest BCUT2D eigenvalue weighted by Gasteiger charge is 2.46. The van der Waals surface area contributed by atoms with Crippen LogP contribution in [0.15, 0.2) is 53.0 Å². The molecule has 2 aromatic rings. The summed E-state index contributed by atoms with van der Waals surface area (Å²) in [5.74, 6) is 0.845. The van der Waals surface area contributed by atoms with Gasteiger partial charge in [-0.05, 0) is 54.0 Å². The summed E-state index contributed by atoms with van der Waals surface area (Å²) in [5.41, 5.74) is 4.01. The fraction of sp³-hybridized carbons (Fsp3) is 0.350. The van der Waals surface area contributed by atoms with E-state index in [0.29, 0.717) is 11.8 Å². The molecule has 2 nitrogen and oxygen atoms in total. The van der Waals surface area contributed by atoms with Gasteiger partial charge in [-0.2, -0.15) is 0 Å². The van der Waals surface area contributed by atoms with Gasteiger partial charge in [0, 0.05) is 17.4 Å². The summed E-state index contributed by atoms with van der Waals surface area (Å²) in [6.07, 6.45) is 3.11. The smallest absolute Gasteiger partial charge is 0.226 e. The fourth-order valence-corrected chi connectivity index (χ4v) is 4.34. The number of hydrogen-bond acceptors (Lipinski definition) is 1. The SMILES string of the molecule is CN(C(=O)C1CC1c1cccc(Br)c1)C1CCc2ccccc21. The number of carbonyl (C=O) groups excluding carboxylic acids is 1. The Bertz CT molecular complexity index is 757. The van der Waals surface area contributed by atoms with Crippen molar-refractivity contribution in [3.8, 4) is 0 Å². The zero-order valence-corrected chi connectivity index (χ0v) is 14.8. The molecule has 3 heteroatoms. The van der Waals surface area contributed by atoms with Crippen molar-refractivity contribution in [2.75, 3.05) is 7.05 Å². The third-order valence-corrected chi connectivity index (χ3v) is 5.79. The minimum absolute atomic E-state index is 0.155. The van der Waals surface area contributed by atoms with Crippen molar-refractivity contribution in [3.63, 3.8) is 0 Å². The zero-order chi connectivity index (χ0) is 16.0. The van der Waals surface area contributed by atoms with Crippen LogP contribution in [-0.2, 0) is 11.2 Å². The first-order chi connectivity index (χ1) is 11.1. The predicted octanol–water partition coefficient (Wildman–Crippen LogP) is 4.70. The second kappa shape index (κ2) is 5.79. The van der Waals surface area contributed by atoms with Crippen LogP contribution in [0.2, 0.25) is 0 Å². The van der Waals surface area contributed by atoms with Gasteiger partial charge in [0.25, 0.3) is 0 Å². The third-order valence-electron chi connectivity index (χ3n) is 5.30. The lowest BCUT2D eigenvalue weighted by Crippen LogP contribution is -2.31. The summed E-state index contributed by atoms with van der Waals surface area (Å²) in [6, 6.07) is 17.1. The Morgan fingerprint density at radius 1 is 1.17 bits per heavy atom. The fourth-order valence-electron chi connectivity index (χ4n) is 3.93. The lowest BCUT2D eigenvalue weighted by atomic mass is 10.1. The molecule has 2 aromatic carbocycles. The van der Waals surface area contributed by atoms with Crippen LogP contribution in [0, 0.1) is 5.92 Å². The number of rotatable bonds is 3. The van der Waals surface area contributed by atoms with E-state index >= 15 is 0 Å². The normalized spacial score (nSPS) is 25.0. The van der Waals surface area contributed by atoms with Crippen LogP contribution < -0.4 is 0 Å². The topological polar surface area (TPSA) is 20.3 Å². The Kier molecular flexibility index (Phi) is 3.76.